The highest BCUT2D eigenvalue weighted by Gasteiger charge is 2.18. The lowest BCUT2D eigenvalue weighted by Crippen LogP contribution is -2.24. The molecule has 0 bridgehead atoms. The molecular formula is C19H17Cl2N3O3. The molecule has 2 aromatic carbocycles. The number of fused-ring (bicyclic) bond motifs is 1. The van der Waals surface area contributed by atoms with Crippen LogP contribution in [0.2, 0.25) is 10.0 Å². The number of rotatable bonds is 4. The van der Waals surface area contributed by atoms with E-state index >= 15 is 0 Å². The number of para-hydroxylation sites is 1. The standard InChI is InChI=1S/C19H17Cl2N3O3/c1-2-6-23-19(27)11-5-3-4-10-16(11)24-15(18(26)17(10)25)9-7-12(20)14(22)13(21)8-9/h3-5,7-8,26H,2,6,22H2,1H3,(H,23,27)(H,24,25). The highest BCUT2D eigenvalue weighted by Crippen LogP contribution is 2.35. The zero-order chi connectivity index (χ0) is 19.7. The van der Waals surface area contributed by atoms with Gasteiger partial charge in [-0.3, -0.25) is 9.59 Å². The minimum absolute atomic E-state index is 0.104. The Morgan fingerprint density at radius 3 is 2.56 bits per heavy atom. The minimum Gasteiger partial charge on any atom is -0.503 e. The fourth-order valence-electron chi connectivity index (χ4n) is 2.76. The van der Waals surface area contributed by atoms with E-state index in [4.69, 9.17) is 28.9 Å². The third kappa shape index (κ3) is 3.46. The van der Waals surface area contributed by atoms with Crippen molar-refractivity contribution in [1.82, 2.24) is 10.3 Å². The number of hydrogen-bond acceptors (Lipinski definition) is 4. The second kappa shape index (κ2) is 7.50. The largest absolute Gasteiger partial charge is 0.503 e. The van der Waals surface area contributed by atoms with E-state index in [2.05, 4.69) is 10.3 Å². The topological polar surface area (TPSA) is 108 Å². The molecule has 140 valence electrons. The summed E-state index contributed by atoms with van der Waals surface area (Å²) in [4.78, 5) is 28.1. The van der Waals surface area contributed by atoms with Gasteiger partial charge in [-0.25, -0.2) is 0 Å². The summed E-state index contributed by atoms with van der Waals surface area (Å²) in [6, 6.07) is 7.71. The van der Waals surface area contributed by atoms with Gasteiger partial charge >= 0.3 is 0 Å². The number of amides is 1. The minimum atomic E-state index is -0.604. The van der Waals surface area contributed by atoms with Gasteiger partial charge in [-0.05, 0) is 30.7 Å². The number of anilines is 1. The summed E-state index contributed by atoms with van der Waals surface area (Å²) >= 11 is 12.1. The number of hydrogen-bond donors (Lipinski definition) is 4. The van der Waals surface area contributed by atoms with E-state index in [1.54, 1.807) is 12.1 Å². The van der Waals surface area contributed by atoms with Gasteiger partial charge in [-0.15, -0.1) is 0 Å². The van der Waals surface area contributed by atoms with Crippen LogP contribution in [0.3, 0.4) is 0 Å². The third-order valence-electron chi connectivity index (χ3n) is 4.16. The van der Waals surface area contributed by atoms with Crippen LogP contribution in [-0.4, -0.2) is 22.5 Å². The zero-order valence-electron chi connectivity index (χ0n) is 14.4. The molecule has 3 rings (SSSR count). The van der Waals surface area contributed by atoms with Gasteiger partial charge in [0.25, 0.3) is 5.91 Å². The number of aromatic nitrogens is 1. The van der Waals surface area contributed by atoms with Crippen molar-refractivity contribution >= 4 is 45.7 Å². The highest BCUT2D eigenvalue weighted by molar-refractivity contribution is 6.39. The van der Waals surface area contributed by atoms with Crippen molar-refractivity contribution in [3.05, 3.63) is 56.2 Å². The number of carbonyl (C=O) groups is 1. The first-order chi connectivity index (χ1) is 12.8. The van der Waals surface area contributed by atoms with E-state index in [9.17, 15) is 14.7 Å². The van der Waals surface area contributed by atoms with E-state index in [1.165, 1.54) is 18.2 Å². The number of nitrogen functional groups attached to an aromatic ring is 1. The second-order valence-corrected chi connectivity index (χ2v) is 6.83. The number of nitrogens with two attached hydrogens (primary N) is 1. The maximum absolute atomic E-state index is 12.7. The SMILES string of the molecule is CCCNC(=O)c1cccc2c(=O)c(O)c(-c3cc(Cl)c(N)c(Cl)c3)[nH]c12. The number of aromatic amines is 1. The summed E-state index contributed by atoms with van der Waals surface area (Å²) in [6.45, 7) is 2.45. The molecular weight excluding hydrogens is 389 g/mol. The molecule has 6 nitrogen and oxygen atoms in total. The van der Waals surface area contributed by atoms with E-state index in [1.807, 2.05) is 6.92 Å². The van der Waals surface area contributed by atoms with Gasteiger partial charge in [0.15, 0.2) is 5.75 Å². The molecule has 1 heterocycles. The van der Waals surface area contributed by atoms with E-state index < -0.39 is 11.2 Å². The predicted molar refractivity (Wildman–Crippen MR) is 109 cm³/mol. The Morgan fingerprint density at radius 1 is 1.26 bits per heavy atom. The molecule has 8 heteroatoms. The molecule has 0 spiro atoms. The van der Waals surface area contributed by atoms with Crippen molar-refractivity contribution in [2.45, 2.75) is 13.3 Å². The lowest BCUT2D eigenvalue weighted by molar-refractivity contribution is 0.0955. The molecule has 0 saturated carbocycles. The number of aromatic hydroxyl groups is 1. The summed E-state index contributed by atoms with van der Waals surface area (Å²) in [5.41, 5.74) is 6.43. The number of benzene rings is 2. The summed E-state index contributed by atoms with van der Waals surface area (Å²) < 4.78 is 0. The predicted octanol–water partition coefficient (Wildman–Crippen LogP) is 3.93. The van der Waals surface area contributed by atoms with Crippen LogP contribution in [0, 0.1) is 0 Å². The van der Waals surface area contributed by atoms with Crippen LogP contribution in [-0.2, 0) is 0 Å². The molecule has 0 atom stereocenters. The Kier molecular flexibility index (Phi) is 5.30. The summed E-state index contributed by atoms with van der Waals surface area (Å²) in [7, 11) is 0. The zero-order valence-corrected chi connectivity index (χ0v) is 15.9. The molecule has 0 saturated heterocycles. The Bertz CT molecular complexity index is 1090. The van der Waals surface area contributed by atoms with E-state index in [-0.39, 0.29) is 32.7 Å². The van der Waals surface area contributed by atoms with Crippen LogP contribution in [0.1, 0.15) is 23.7 Å². The first-order valence-electron chi connectivity index (χ1n) is 8.26. The first-order valence-corrected chi connectivity index (χ1v) is 9.01. The van der Waals surface area contributed by atoms with Crippen molar-refractivity contribution in [3.8, 4) is 17.0 Å². The van der Waals surface area contributed by atoms with Crippen LogP contribution >= 0.6 is 23.2 Å². The summed E-state index contributed by atoms with van der Waals surface area (Å²) in [5, 5.41) is 13.8. The summed E-state index contributed by atoms with van der Waals surface area (Å²) in [6.07, 6.45) is 0.779. The number of pyridine rings is 1. The van der Waals surface area contributed by atoms with Gasteiger partial charge in [-0.2, -0.15) is 0 Å². The Balaban J connectivity index is 2.28. The normalized spacial score (nSPS) is 10.9. The average Bonchev–Trinajstić information content (AvgIpc) is 2.66. The molecule has 0 aliphatic rings. The monoisotopic (exact) mass is 405 g/mol. The Labute approximate surface area is 164 Å². The first kappa shape index (κ1) is 19.1. The fraction of sp³-hybridized carbons (Fsp3) is 0.158. The van der Waals surface area contributed by atoms with Gasteiger partial charge in [0.2, 0.25) is 5.43 Å². The lowest BCUT2D eigenvalue weighted by Gasteiger charge is -2.12. The fourth-order valence-corrected chi connectivity index (χ4v) is 3.25. The maximum atomic E-state index is 12.7. The lowest BCUT2D eigenvalue weighted by atomic mass is 10.0. The van der Waals surface area contributed by atoms with Gasteiger partial charge < -0.3 is 21.1 Å². The molecule has 0 aliphatic heterocycles. The van der Waals surface area contributed by atoms with Crippen molar-refractivity contribution in [1.29, 1.82) is 0 Å². The van der Waals surface area contributed by atoms with E-state index in [0.29, 0.717) is 23.2 Å². The van der Waals surface area contributed by atoms with Crippen molar-refractivity contribution in [2.75, 3.05) is 12.3 Å². The van der Waals surface area contributed by atoms with Gasteiger partial charge in [0.05, 0.1) is 37.9 Å². The van der Waals surface area contributed by atoms with Crippen LogP contribution in [0.15, 0.2) is 35.1 Å². The van der Waals surface area contributed by atoms with Crippen LogP contribution in [0.5, 0.6) is 5.75 Å². The molecule has 0 aliphatic carbocycles. The van der Waals surface area contributed by atoms with Crippen molar-refractivity contribution < 1.29 is 9.90 Å². The number of carbonyl (C=O) groups excluding carboxylic acids is 1. The molecule has 1 amide bonds. The number of H-pyrrole nitrogens is 1. The highest BCUT2D eigenvalue weighted by atomic mass is 35.5. The summed E-state index contributed by atoms with van der Waals surface area (Å²) in [5.74, 6) is -0.811. The van der Waals surface area contributed by atoms with Crippen LogP contribution in [0.25, 0.3) is 22.2 Å². The second-order valence-electron chi connectivity index (χ2n) is 6.02. The third-order valence-corrected chi connectivity index (χ3v) is 4.78. The molecule has 5 N–H and O–H groups in total. The van der Waals surface area contributed by atoms with Gasteiger partial charge in [-0.1, -0.05) is 36.2 Å². The maximum Gasteiger partial charge on any atom is 0.253 e. The molecule has 1 aromatic heterocycles. The molecule has 0 fully saturated rings. The van der Waals surface area contributed by atoms with Gasteiger partial charge in [0.1, 0.15) is 0 Å². The van der Waals surface area contributed by atoms with Gasteiger partial charge in [0, 0.05) is 12.1 Å². The molecule has 27 heavy (non-hydrogen) atoms. The smallest absolute Gasteiger partial charge is 0.253 e. The Hall–Kier alpha value is -2.70. The average molecular weight is 406 g/mol. The van der Waals surface area contributed by atoms with Crippen molar-refractivity contribution in [2.24, 2.45) is 0 Å². The molecule has 0 radical (unpaired) electrons. The molecule has 0 unspecified atom stereocenters. The van der Waals surface area contributed by atoms with E-state index in [0.717, 1.165) is 6.42 Å². The molecule has 3 aromatic rings. The quantitative estimate of drug-likeness (QED) is 0.493. The number of nitrogens with one attached hydrogen (secondary N) is 2. The van der Waals surface area contributed by atoms with Crippen LogP contribution < -0.4 is 16.5 Å². The van der Waals surface area contributed by atoms with Crippen molar-refractivity contribution in [3.63, 3.8) is 0 Å². The van der Waals surface area contributed by atoms with Crippen LogP contribution in [0.4, 0.5) is 5.69 Å². The number of halogens is 2. The Morgan fingerprint density at radius 2 is 1.93 bits per heavy atom.